The Kier molecular flexibility index (Phi) is 6.16. The number of pyridine rings is 2. The van der Waals surface area contributed by atoms with E-state index in [0.29, 0.717) is 46.7 Å². The molecule has 1 aliphatic carbocycles. The second-order valence-corrected chi connectivity index (χ2v) is 8.07. The minimum absolute atomic E-state index is 0.151. The van der Waals surface area contributed by atoms with Gasteiger partial charge in [0, 0.05) is 35.2 Å². The number of benzene rings is 1. The van der Waals surface area contributed by atoms with Crippen LogP contribution in [0.2, 0.25) is 0 Å². The Morgan fingerprint density at radius 3 is 2.75 bits per heavy atom. The summed E-state index contributed by atoms with van der Waals surface area (Å²) >= 11 is 0. The lowest BCUT2D eigenvalue weighted by molar-refractivity contribution is 0.130. The van der Waals surface area contributed by atoms with Crippen molar-refractivity contribution in [1.29, 1.82) is 0 Å². The van der Waals surface area contributed by atoms with Crippen LogP contribution in [0.3, 0.4) is 0 Å². The lowest BCUT2D eigenvalue weighted by atomic mass is 9.82. The Labute approximate surface area is 186 Å². The van der Waals surface area contributed by atoms with E-state index in [1.54, 1.807) is 17.6 Å². The predicted octanol–water partition coefficient (Wildman–Crippen LogP) is 3.87. The van der Waals surface area contributed by atoms with Crippen LogP contribution in [0.1, 0.15) is 66.6 Å². The van der Waals surface area contributed by atoms with Gasteiger partial charge in [0.15, 0.2) is 0 Å². The molecule has 3 heterocycles. The molecule has 5 rings (SSSR count). The van der Waals surface area contributed by atoms with Crippen LogP contribution < -0.4 is 11.3 Å². The van der Waals surface area contributed by atoms with Crippen LogP contribution in [-0.2, 0) is 30.9 Å². The minimum atomic E-state index is -0.273. The van der Waals surface area contributed by atoms with Gasteiger partial charge in [-0.1, -0.05) is 13.8 Å². The van der Waals surface area contributed by atoms with Crippen molar-refractivity contribution in [3.05, 3.63) is 61.7 Å². The molecule has 1 aliphatic heterocycles. The Hall–Kier alpha value is -2.61. The van der Waals surface area contributed by atoms with Crippen molar-refractivity contribution in [2.45, 2.75) is 66.3 Å². The number of nitrogens with two attached hydrogens (primary N) is 1. The smallest absolute Gasteiger partial charge is 0.257 e. The van der Waals surface area contributed by atoms with E-state index in [1.165, 1.54) is 6.07 Å². The SMILES string of the molecule is CC.CCOCc1c(CO)cc2n(c1=O)Cc1c-2nc2cc(F)c(C)c3c2c1C(N)CC3. The van der Waals surface area contributed by atoms with Gasteiger partial charge in [-0.15, -0.1) is 0 Å². The lowest BCUT2D eigenvalue weighted by Crippen LogP contribution is -2.26. The summed E-state index contributed by atoms with van der Waals surface area (Å²) < 4.78 is 21.7. The van der Waals surface area contributed by atoms with Crippen LogP contribution in [0.15, 0.2) is 16.9 Å². The van der Waals surface area contributed by atoms with E-state index in [2.05, 4.69) is 0 Å². The average Bonchev–Trinajstić information content (AvgIpc) is 3.17. The first-order chi connectivity index (χ1) is 15.5. The number of hydrogen-bond donors (Lipinski definition) is 2. The third-order valence-electron chi connectivity index (χ3n) is 6.49. The Balaban J connectivity index is 0.00000119. The average molecular weight is 440 g/mol. The van der Waals surface area contributed by atoms with Crippen LogP contribution in [0.4, 0.5) is 4.39 Å². The molecule has 7 heteroatoms. The number of aliphatic hydroxyl groups is 1. The number of aryl methyl sites for hydroxylation is 1. The maximum atomic E-state index is 14.6. The van der Waals surface area contributed by atoms with Gasteiger partial charge < -0.3 is 20.1 Å². The van der Waals surface area contributed by atoms with Crippen molar-refractivity contribution in [2.24, 2.45) is 5.73 Å². The second kappa shape index (κ2) is 8.73. The zero-order valence-electron chi connectivity index (χ0n) is 19.1. The van der Waals surface area contributed by atoms with Crippen LogP contribution >= 0.6 is 0 Å². The molecule has 2 aromatic heterocycles. The first-order valence-corrected chi connectivity index (χ1v) is 11.3. The summed E-state index contributed by atoms with van der Waals surface area (Å²) in [7, 11) is 0. The minimum Gasteiger partial charge on any atom is -0.392 e. The van der Waals surface area contributed by atoms with Crippen LogP contribution in [0, 0.1) is 12.7 Å². The third-order valence-corrected chi connectivity index (χ3v) is 6.49. The van der Waals surface area contributed by atoms with Gasteiger partial charge in [0.05, 0.1) is 36.7 Å². The van der Waals surface area contributed by atoms with Crippen LogP contribution in [0.5, 0.6) is 0 Å². The third kappa shape index (κ3) is 3.27. The van der Waals surface area contributed by atoms with Crippen molar-refractivity contribution in [3.8, 4) is 11.4 Å². The van der Waals surface area contributed by atoms with Crippen molar-refractivity contribution in [3.63, 3.8) is 0 Å². The first kappa shape index (κ1) is 22.6. The summed E-state index contributed by atoms with van der Waals surface area (Å²) in [5, 5.41) is 10.8. The summed E-state index contributed by atoms with van der Waals surface area (Å²) in [6.45, 7) is 8.39. The first-order valence-electron chi connectivity index (χ1n) is 11.3. The standard InChI is InChI=1S/C23H24FN3O3.C2H6/c1-3-30-10-15-12(9-28)6-19-22-14(8-27(19)23(15)29)20-17(25)5-4-13-11(2)16(24)7-18(26-22)21(13)20;1-2/h6-7,17,28H,3-5,8-10,25H2,1-2H3;1-2H3. The summed E-state index contributed by atoms with van der Waals surface area (Å²) in [5.74, 6) is -0.273. The highest BCUT2D eigenvalue weighted by atomic mass is 19.1. The molecule has 0 spiro atoms. The van der Waals surface area contributed by atoms with Crippen LogP contribution in [-0.4, -0.2) is 21.3 Å². The fourth-order valence-electron chi connectivity index (χ4n) is 4.93. The molecule has 0 fully saturated rings. The molecule has 0 bridgehead atoms. The molecule has 0 amide bonds. The van der Waals surface area contributed by atoms with E-state index in [0.717, 1.165) is 34.9 Å². The molecule has 6 nitrogen and oxygen atoms in total. The number of nitrogens with zero attached hydrogens (tertiary/aromatic N) is 2. The van der Waals surface area contributed by atoms with Crippen molar-refractivity contribution < 1.29 is 14.2 Å². The van der Waals surface area contributed by atoms with E-state index in [1.807, 2.05) is 20.8 Å². The Morgan fingerprint density at radius 1 is 1.31 bits per heavy atom. The van der Waals surface area contributed by atoms with Gasteiger partial charge in [-0.3, -0.25) is 4.79 Å². The number of aromatic nitrogens is 2. The highest BCUT2D eigenvalue weighted by Gasteiger charge is 2.33. The van der Waals surface area contributed by atoms with Gasteiger partial charge in [0.1, 0.15) is 5.82 Å². The maximum absolute atomic E-state index is 14.6. The normalized spacial score (nSPS) is 15.9. The summed E-state index contributed by atoms with van der Waals surface area (Å²) in [6, 6.07) is 3.08. The second-order valence-electron chi connectivity index (χ2n) is 8.07. The predicted molar refractivity (Wildman–Crippen MR) is 123 cm³/mol. The van der Waals surface area contributed by atoms with Gasteiger partial charge in [0.25, 0.3) is 5.56 Å². The Bertz CT molecular complexity index is 1270. The number of aliphatic hydroxyl groups excluding tert-OH is 1. The zero-order valence-corrected chi connectivity index (χ0v) is 19.1. The molecule has 1 aromatic carbocycles. The fraction of sp³-hybridized carbons (Fsp3) is 0.440. The number of ether oxygens (including phenoxy) is 1. The topological polar surface area (TPSA) is 90.4 Å². The van der Waals surface area contributed by atoms with Crippen molar-refractivity contribution in [2.75, 3.05) is 6.61 Å². The molecule has 0 saturated carbocycles. The molecule has 3 N–H and O–H groups in total. The maximum Gasteiger partial charge on any atom is 0.257 e. The van der Waals surface area contributed by atoms with E-state index >= 15 is 0 Å². The number of hydrogen-bond acceptors (Lipinski definition) is 5. The van der Waals surface area contributed by atoms with Gasteiger partial charge in [-0.05, 0) is 55.0 Å². The van der Waals surface area contributed by atoms with Crippen molar-refractivity contribution >= 4 is 10.9 Å². The zero-order chi connectivity index (χ0) is 23.2. The quantitative estimate of drug-likeness (QED) is 0.504. The molecular weight excluding hydrogens is 409 g/mol. The summed E-state index contributed by atoms with van der Waals surface area (Å²) in [5.41, 5.74) is 12.7. The number of halogens is 1. The highest BCUT2D eigenvalue weighted by molar-refractivity contribution is 5.92. The highest BCUT2D eigenvalue weighted by Crippen LogP contribution is 2.43. The fourth-order valence-corrected chi connectivity index (χ4v) is 4.93. The molecule has 0 saturated heterocycles. The molecule has 2 aliphatic rings. The van der Waals surface area contributed by atoms with Gasteiger partial charge in [0.2, 0.25) is 0 Å². The summed E-state index contributed by atoms with van der Waals surface area (Å²) in [4.78, 5) is 18.0. The van der Waals surface area contributed by atoms with Gasteiger partial charge >= 0.3 is 0 Å². The largest absolute Gasteiger partial charge is 0.392 e. The molecular formula is C25H30FN3O3. The Morgan fingerprint density at radius 2 is 2.06 bits per heavy atom. The molecule has 3 aromatic rings. The molecule has 32 heavy (non-hydrogen) atoms. The monoisotopic (exact) mass is 439 g/mol. The van der Waals surface area contributed by atoms with Gasteiger partial charge in [-0.2, -0.15) is 0 Å². The van der Waals surface area contributed by atoms with E-state index in [9.17, 15) is 14.3 Å². The molecule has 170 valence electrons. The number of fused-ring (bicyclic) bond motifs is 4. The van der Waals surface area contributed by atoms with Crippen molar-refractivity contribution in [1.82, 2.24) is 9.55 Å². The molecule has 1 unspecified atom stereocenters. The number of rotatable bonds is 4. The van der Waals surface area contributed by atoms with E-state index in [-0.39, 0.29) is 30.6 Å². The van der Waals surface area contributed by atoms with Crippen LogP contribution in [0.25, 0.3) is 22.3 Å². The van der Waals surface area contributed by atoms with Gasteiger partial charge in [-0.25, -0.2) is 9.37 Å². The van der Waals surface area contributed by atoms with E-state index < -0.39 is 0 Å². The molecule has 0 radical (unpaired) electrons. The van der Waals surface area contributed by atoms with E-state index in [4.69, 9.17) is 15.5 Å². The summed E-state index contributed by atoms with van der Waals surface area (Å²) in [6.07, 6.45) is 1.44. The molecule has 1 atom stereocenters. The lowest BCUT2D eigenvalue weighted by Gasteiger charge is -2.26.